The molecule has 3 rings (SSSR count). The Morgan fingerprint density at radius 2 is 1.59 bits per heavy atom. The molecule has 0 aliphatic rings. The summed E-state index contributed by atoms with van der Waals surface area (Å²) in [6, 6.07) is 21.9. The number of rotatable bonds is 5. The summed E-state index contributed by atoms with van der Waals surface area (Å²) in [6.45, 7) is 0.759. The van der Waals surface area contributed by atoms with E-state index in [-0.39, 0.29) is 0 Å². The molecule has 0 saturated heterocycles. The van der Waals surface area contributed by atoms with Crippen molar-refractivity contribution in [1.82, 2.24) is 9.29 Å². The predicted molar refractivity (Wildman–Crippen MR) is 120 cm³/mol. The molecule has 4 nitrogen and oxygen atoms in total. The number of nitrogen functional groups attached to an aromatic ring is 1. The van der Waals surface area contributed by atoms with Gasteiger partial charge in [-0.1, -0.05) is 18.2 Å². The van der Waals surface area contributed by atoms with Crippen LogP contribution in [0.25, 0.3) is 0 Å². The second kappa shape index (κ2) is 10.9. The van der Waals surface area contributed by atoms with Gasteiger partial charge in [-0.2, -0.15) is 0 Å². The zero-order valence-electron chi connectivity index (χ0n) is 15.9. The van der Waals surface area contributed by atoms with Crippen LogP contribution in [0.15, 0.2) is 82.7 Å². The molecule has 0 unspecified atom stereocenters. The molecule has 0 aliphatic carbocycles. The van der Waals surface area contributed by atoms with E-state index in [0.717, 1.165) is 28.5 Å². The molecule has 1 heterocycles. The summed E-state index contributed by atoms with van der Waals surface area (Å²) in [5, 5.41) is 0. The topological polar surface area (TPSA) is 45.4 Å². The molecule has 0 saturated carbocycles. The van der Waals surface area contributed by atoms with E-state index in [1.165, 1.54) is 4.90 Å². The van der Waals surface area contributed by atoms with Crippen LogP contribution < -0.4 is 10.6 Å². The Bertz CT molecular complexity index is 808. The predicted octanol–water partition coefficient (Wildman–Crippen LogP) is 4.84. The van der Waals surface area contributed by atoms with Crippen molar-refractivity contribution in [3.05, 3.63) is 78.6 Å². The first-order chi connectivity index (χ1) is 13.0. The third kappa shape index (κ3) is 7.54. The fourth-order valence-electron chi connectivity index (χ4n) is 2.37. The van der Waals surface area contributed by atoms with Gasteiger partial charge in [-0.3, -0.25) is 9.29 Å². The molecule has 27 heavy (non-hydrogen) atoms. The molecule has 0 radical (unpaired) electrons. The molecule has 0 aliphatic heterocycles. The number of thiol groups is 1. The Morgan fingerprint density at radius 1 is 0.926 bits per heavy atom. The van der Waals surface area contributed by atoms with Crippen LogP contribution in [0.1, 0.15) is 5.69 Å². The van der Waals surface area contributed by atoms with Crippen molar-refractivity contribution in [2.45, 2.75) is 16.3 Å². The first-order valence-corrected chi connectivity index (χ1v) is 9.77. The summed E-state index contributed by atoms with van der Waals surface area (Å²) in [5.74, 6) is 0. The van der Waals surface area contributed by atoms with Crippen molar-refractivity contribution < 1.29 is 0 Å². The van der Waals surface area contributed by atoms with Gasteiger partial charge >= 0.3 is 0 Å². The Labute approximate surface area is 172 Å². The van der Waals surface area contributed by atoms with Crippen molar-refractivity contribution in [3.8, 4) is 0 Å². The van der Waals surface area contributed by atoms with Crippen LogP contribution in [-0.2, 0) is 6.54 Å². The highest BCUT2D eigenvalue weighted by molar-refractivity contribution is 7.97. The van der Waals surface area contributed by atoms with Crippen molar-refractivity contribution in [3.63, 3.8) is 0 Å². The largest absolute Gasteiger partial charge is 0.397 e. The zero-order valence-corrected chi connectivity index (χ0v) is 17.6. The minimum Gasteiger partial charge on any atom is -0.397 e. The Morgan fingerprint density at radius 3 is 2.19 bits per heavy atom. The van der Waals surface area contributed by atoms with Crippen LogP contribution >= 0.6 is 24.6 Å². The molecule has 1 aromatic heterocycles. The van der Waals surface area contributed by atoms with Crippen LogP contribution in [0, 0.1) is 0 Å². The minimum atomic E-state index is 0.759. The summed E-state index contributed by atoms with van der Waals surface area (Å²) in [6.07, 6.45) is 1.80. The molecule has 3 aromatic rings. The molecule has 142 valence electrons. The number of aromatic nitrogens is 1. The number of nitrogens with zero attached hydrogens (tertiary/aromatic N) is 3. The Balaban J connectivity index is 0.000000208. The first kappa shape index (κ1) is 21.2. The number of benzene rings is 2. The van der Waals surface area contributed by atoms with Gasteiger partial charge in [0, 0.05) is 23.0 Å². The van der Waals surface area contributed by atoms with Crippen LogP contribution in [0.4, 0.5) is 11.4 Å². The highest BCUT2D eigenvalue weighted by Gasteiger charge is 2.05. The van der Waals surface area contributed by atoms with Gasteiger partial charge in [0.15, 0.2) is 0 Å². The molecule has 0 atom stereocenters. The SMILES string of the molecule is CN(C)Sc1ccc(S)cc1.CN(Cc1ccccn1)c1ccccc1N. The van der Waals surface area contributed by atoms with Crippen molar-refractivity contribution in [2.75, 3.05) is 31.8 Å². The van der Waals surface area contributed by atoms with E-state index >= 15 is 0 Å². The second-order valence-corrected chi connectivity index (χ2v) is 8.03. The average molecular weight is 399 g/mol. The fraction of sp³-hybridized carbons (Fsp3) is 0.190. The molecule has 0 fully saturated rings. The van der Waals surface area contributed by atoms with Gasteiger partial charge in [0.1, 0.15) is 0 Å². The van der Waals surface area contributed by atoms with Crippen LogP contribution in [0.5, 0.6) is 0 Å². The van der Waals surface area contributed by atoms with Crippen molar-refractivity contribution in [2.24, 2.45) is 0 Å². The third-order valence-corrected chi connectivity index (χ3v) is 4.74. The van der Waals surface area contributed by atoms with Crippen LogP contribution in [0.3, 0.4) is 0 Å². The van der Waals surface area contributed by atoms with Gasteiger partial charge in [-0.25, -0.2) is 0 Å². The minimum absolute atomic E-state index is 0.759. The molecule has 0 amide bonds. The van der Waals surface area contributed by atoms with Crippen molar-refractivity contribution >= 4 is 36.0 Å². The van der Waals surface area contributed by atoms with Gasteiger partial charge < -0.3 is 10.6 Å². The number of pyridine rings is 1. The normalized spacial score (nSPS) is 10.3. The number of para-hydroxylation sites is 2. The molecule has 2 N–H and O–H groups in total. The maximum atomic E-state index is 5.91. The monoisotopic (exact) mass is 398 g/mol. The van der Waals surface area contributed by atoms with E-state index in [4.69, 9.17) is 5.73 Å². The molecule has 0 bridgehead atoms. The quantitative estimate of drug-likeness (QED) is 0.366. The highest BCUT2D eigenvalue weighted by Crippen LogP contribution is 2.22. The summed E-state index contributed by atoms with van der Waals surface area (Å²) >= 11 is 5.91. The fourth-order valence-corrected chi connectivity index (χ4v) is 3.20. The third-order valence-electron chi connectivity index (χ3n) is 3.60. The Kier molecular flexibility index (Phi) is 8.51. The van der Waals surface area contributed by atoms with Crippen LogP contribution in [0.2, 0.25) is 0 Å². The maximum Gasteiger partial charge on any atom is 0.0600 e. The lowest BCUT2D eigenvalue weighted by Gasteiger charge is -2.20. The van der Waals surface area contributed by atoms with Gasteiger partial charge in [-0.15, -0.1) is 12.6 Å². The van der Waals surface area contributed by atoms with Gasteiger partial charge in [0.05, 0.1) is 23.6 Å². The lowest BCUT2D eigenvalue weighted by molar-refractivity contribution is 0.702. The molecular formula is C21H26N4S2. The summed E-state index contributed by atoms with van der Waals surface area (Å²) in [5.41, 5.74) is 8.78. The zero-order chi connectivity index (χ0) is 19.6. The second-order valence-electron chi connectivity index (χ2n) is 6.13. The first-order valence-electron chi connectivity index (χ1n) is 8.55. The molecular weight excluding hydrogens is 372 g/mol. The van der Waals surface area contributed by atoms with E-state index in [0.29, 0.717) is 0 Å². The van der Waals surface area contributed by atoms with E-state index in [2.05, 4.69) is 39.0 Å². The van der Waals surface area contributed by atoms with Gasteiger partial charge in [-0.05, 0) is 74.6 Å². The van der Waals surface area contributed by atoms with Gasteiger partial charge in [0.2, 0.25) is 0 Å². The van der Waals surface area contributed by atoms with Crippen molar-refractivity contribution in [1.29, 1.82) is 0 Å². The van der Waals surface area contributed by atoms with Gasteiger partial charge in [0.25, 0.3) is 0 Å². The summed E-state index contributed by atoms with van der Waals surface area (Å²) in [4.78, 5) is 8.64. The number of nitrogens with two attached hydrogens (primary N) is 1. The summed E-state index contributed by atoms with van der Waals surface area (Å²) in [7, 11) is 6.07. The summed E-state index contributed by atoms with van der Waals surface area (Å²) < 4.78 is 2.06. The molecule has 2 aromatic carbocycles. The molecule has 0 spiro atoms. The van der Waals surface area contributed by atoms with Crippen LogP contribution in [-0.4, -0.2) is 30.4 Å². The standard InChI is InChI=1S/C13H15N3.C8H11NS2/c1-16(10-11-6-4-5-9-15-11)13-8-3-2-7-12(13)14;1-9(2)11-8-5-3-7(10)4-6-8/h2-9H,10,14H2,1H3;3-6,10H,1-2H3. The highest BCUT2D eigenvalue weighted by atomic mass is 32.2. The Hall–Kier alpha value is -2.15. The average Bonchev–Trinajstić information content (AvgIpc) is 2.65. The van der Waals surface area contributed by atoms with E-state index in [1.54, 1.807) is 18.1 Å². The lowest BCUT2D eigenvalue weighted by atomic mass is 10.2. The van der Waals surface area contributed by atoms with E-state index in [9.17, 15) is 0 Å². The number of anilines is 2. The number of hydrogen-bond donors (Lipinski definition) is 2. The molecule has 6 heteroatoms. The van der Waals surface area contributed by atoms with E-state index < -0.39 is 0 Å². The lowest BCUT2D eigenvalue weighted by Crippen LogP contribution is -2.18. The smallest absolute Gasteiger partial charge is 0.0600 e. The van der Waals surface area contributed by atoms with E-state index in [1.807, 2.05) is 75.7 Å². The maximum absolute atomic E-state index is 5.91. The number of hydrogen-bond acceptors (Lipinski definition) is 6.